The van der Waals surface area contributed by atoms with Crippen LogP contribution in [0.1, 0.15) is 17.3 Å². The van der Waals surface area contributed by atoms with Gasteiger partial charge in [0.05, 0.1) is 21.5 Å². The van der Waals surface area contributed by atoms with Crippen molar-refractivity contribution < 1.29 is 18.0 Å². The second-order valence-corrected chi connectivity index (χ2v) is 10.6. The minimum Gasteiger partial charge on any atom is -0.324 e. The van der Waals surface area contributed by atoms with E-state index in [1.54, 1.807) is 54.6 Å². The molecule has 32 heavy (non-hydrogen) atoms. The van der Waals surface area contributed by atoms with Crippen LogP contribution in [-0.2, 0) is 14.8 Å². The number of anilines is 3. The molecule has 0 fully saturated rings. The van der Waals surface area contributed by atoms with Gasteiger partial charge in [0.25, 0.3) is 15.9 Å². The predicted molar refractivity (Wildman–Crippen MR) is 127 cm³/mol. The van der Waals surface area contributed by atoms with Crippen LogP contribution in [0.25, 0.3) is 0 Å². The fourth-order valence-corrected chi connectivity index (χ4v) is 5.39. The number of amides is 2. The highest BCUT2D eigenvalue weighted by atomic mass is 32.2. The van der Waals surface area contributed by atoms with Crippen LogP contribution in [0.4, 0.5) is 17.1 Å². The first-order valence-electron chi connectivity index (χ1n) is 9.83. The van der Waals surface area contributed by atoms with Crippen molar-refractivity contribution in [3.63, 3.8) is 0 Å². The van der Waals surface area contributed by atoms with Gasteiger partial charge in [-0.2, -0.15) is 0 Å². The van der Waals surface area contributed by atoms with Gasteiger partial charge in [0.1, 0.15) is 0 Å². The van der Waals surface area contributed by atoms with E-state index in [1.165, 1.54) is 35.2 Å². The largest absolute Gasteiger partial charge is 0.324 e. The van der Waals surface area contributed by atoms with Crippen molar-refractivity contribution in [3.05, 3.63) is 78.4 Å². The quantitative estimate of drug-likeness (QED) is 0.586. The van der Waals surface area contributed by atoms with E-state index in [4.69, 9.17) is 0 Å². The smallest absolute Gasteiger partial charge is 0.264 e. The molecular formula is C23H21N3O4S2. The van der Waals surface area contributed by atoms with Crippen LogP contribution in [0.15, 0.2) is 82.6 Å². The van der Waals surface area contributed by atoms with Crippen LogP contribution >= 0.6 is 11.8 Å². The number of carbonyl (C=O) groups is 2. The van der Waals surface area contributed by atoms with Gasteiger partial charge < -0.3 is 10.6 Å². The lowest BCUT2D eigenvalue weighted by atomic mass is 10.1. The normalized spacial score (nSPS) is 15.4. The summed E-state index contributed by atoms with van der Waals surface area (Å²) >= 11 is 1.43. The van der Waals surface area contributed by atoms with Crippen molar-refractivity contribution in [2.75, 3.05) is 22.0 Å². The third kappa shape index (κ3) is 4.35. The van der Waals surface area contributed by atoms with Gasteiger partial charge in [0.15, 0.2) is 0 Å². The summed E-state index contributed by atoms with van der Waals surface area (Å²) in [6.07, 6.45) is 0. The van der Waals surface area contributed by atoms with Crippen LogP contribution < -0.4 is 14.9 Å². The number of benzene rings is 3. The standard InChI is InChI=1S/C23H21N3O4S2/c1-15-22(27)25-20-13-16(11-12-21(20)31-15)23(28)24-17-7-6-10-19(14-17)32(29,30)26(2)18-8-4-3-5-9-18/h3-15H,1-2H3,(H,24,28)(H,25,27). The Balaban J connectivity index is 1.55. The van der Waals surface area contributed by atoms with Crippen LogP contribution in [-0.4, -0.2) is 32.5 Å². The zero-order valence-corrected chi connectivity index (χ0v) is 19.0. The van der Waals surface area contributed by atoms with Crippen molar-refractivity contribution in [2.45, 2.75) is 22.0 Å². The van der Waals surface area contributed by atoms with Crippen molar-refractivity contribution >= 4 is 50.7 Å². The number of hydrogen-bond acceptors (Lipinski definition) is 5. The lowest BCUT2D eigenvalue weighted by molar-refractivity contribution is -0.115. The molecule has 0 aliphatic carbocycles. The minimum absolute atomic E-state index is 0.0599. The van der Waals surface area contributed by atoms with E-state index in [9.17, 15) is 18.0 Å². The molecule has 0 aromatic heterocycles. The number of thioether (sulfide) groups is 1. The molecule has 1 unspecified atom stereocenters. The average molecular weight is 468 g/mol. The van der Waals surface area contributed by atoms with Gasteiger partial charge in [-0.05, 0) is 55.5 Å². The summed E-state index contributed by atoms with van der Waals surface area (Å²) in [5, 5.41) is 5.34. The maximum atomic E-state index is 13.0. The third-order valence-electron chi connectivity index (χ3n) is 5.04. The zero-order chi connectivity index (χ0) is 22.9. The van der Waals surface area contributed by atoms with Gasteiger partial charge in [-0.1, -0.05) is 24.3 Å². The average Bonchev–Trinajstić information content (AvgIpc) is 2.79. The first-order valence-corrected chi connectivity index (χ1v) is 12.1. The lowest BCUT2D eigenvalue weighted by Gasteiger charge is -2.21. The number of nitrogens with one attached hydrogen (secondary N) is 2. The molecule has 0 bridgehead atoms. The molecule has 1 aliphatic heterocycles. The molecule has 9 heteroatoms. The van der Waals surface area contributed by atoms with Crippen molar-refractivity contribution in [2.24, 2.45) is 0 Å². The van der Waals surface area contributed by atoms with Crippen LogP contribution in [0.2, 0.25) is 0 Å². The highest BCUT2D eigenvalue weighted by Gasteiger charge is 2.24. The van der Waals surface area contributed by atoms with Gasteiger partial charge in [-0.15, -0.1) is 11.8 Å². The van der Waals surface area contributed by atoms with Crippen LogP contribution in [0.5, 0.6) is 0 Å². The van der Waals surface area contributed by atoms with Gasteiger partial charge in [-0.25, -0.2) is 8.42 Å². The molecule has 0 spiro atoms. The summed E-state index contributed by atoms with van der Waals surface area (Å²) in [5.41, 5.74) is 1.83. The fourth-order valence-electron chi connectivity index (χ4n) is 3.22. The Morgan fingerprint density at radius 1 is 1.03 bits per heavy atom. The maximum absolute atomic E-state index is 13.0. The van der Waals surface area contributed by atoms with Crippen molar-refractivity contribution in [1.82, 2.24) is 0 Å². The molecule has 164 valence electrons. The van der Waals surface area contributed by atoms with E-state index in [2.05, 4.69) is 10.6 Å². The highest BCUT2D eigenvalue weighted by molar-refractivity contribution is 8.01. The van der Waals surface area contributed by atoms with Gasteiger partial charge in [0, 0.05) is 23.2 Å². The number of carbonyl (C=O) groups excluding carboxylic acids is 2. The Labute approximate surface area is 190 Å². The Morgan fingerprint density at radius 2 is 1.78 bits per heavy atom. The molecule has 7 nitrogen and oxygen atoms in total. The number of hydrogen-bond donors (Lipinski definition) is 2. The summed E-state index contributed by atoms with van der Waals surface area (Å²) < 4.78 is 27.3. The molecular weight excluding hydrogens is 446 g/mol. The van der Waals surface area contributed by atoms with Crippen molar-refractivity contribution in [1.29, 1.82) is 0 Å². The first-order chi connectivity index (χ1) is 15.3. The third-order valence-corrected chi connectivity index (χ3v) is 8.00. The molecule has 0 saturated carbocycles. The molecule has 3 aromatic carbocycles. The molecule has 1 atom stereocenters. The monoisotopic (exact) mass is 467 g/mol. The second-order valence-electron chi connectivity index (χ2n) is 7.25. The molecule has 0 saturated heterocycles. The van der Waals surface area contributed by atoms with Gasteiger partial charge in [-0.3, -0.25) is 13.9 Å². The Bertz CT molecular complexity index is 1290. The number of rotatable bonds is 5. The fraction of sp³-hybridized carbons (Fsp3) is 0.130. The predicted octanol–water partition coefficient (Wildman–Crippen LogP) is 4.20. The zero-order valence-electron chi connectivity index (χ0n) is 17.4. The summed E-state index contributed by atoms with van der Waals surface area (Å²) in [6, 6.07) is 19.9. The summed E-state index contributed by atoms with van der Waals surface area (Å²) in [7, 11) is -2.32. The maximum Gasteiger partial charge on any atom is 0.264 e. The summed E-state index contributed by atoms with van der Waals surface area (Å²) in [4.78, 5) is 25.7. The number of fused-ring (bicyclic) bond motifs is 1. The Hall–Kier alpha value is -3.30. The molecule has 4 rings (SSSR count). The first kappa shape index (κ1) is 21.9. The van der Waals surface area contributed by atoms with Crippen molar-refractivity contribution in [3.8, 4) is 0 Å². The van der Waals surface area contributed by atoms with Gasteiger partial charge >= 0.3 is 0 Å². The van der Waals surface area contributed by atoms with E-state index in [1.807, 2.05) is 13.0 Å². The number of sulfonamides is 1. The molecule has 0 radical (unpaired) electrons. The van der Waals surface area contributed by atoms with E-state index in [0.717, 1.165) is 4.90 Å². The molecule has 2 N–H and O–H groups in total. The van der Waals surface area contributed by atoms with Gasteiger partial charge in [0.2, 0.25) is 5.91 Å². The second kappa shape index (κ2) is 8.68. The number of nitrogens with zero attached hydrogens (tertiary/aromatic N) is 1. The molecule has 1 heterocycles. The summed E-state index contributed by atoms with van der Waals surface area (Å²) in [6.45, 7) is 1.82. The van der Waals surface area contributed by atoms with Crippen LogP contribution in [0, 0.1) is 0 Å². The SMILES string of the molecule is CC1Sc2ccc(C(=O)Nc3cccc(S(=O)(=O)N(C)c4ccccc4)c3)cc2NC1=O. The Morgan fingerprint density at radius 3 is 2.53 bits per heavy atom. The lowest BCUT2D eigenvalue weighted by Crippen LogP contribution is -2.27. The number of para-hydroxylation sites is 1. The minimum atomic E-state index is -3.81. The topological polar surface area (TPSA) is 95.6 Å². The summed E-state index contributed by atoms with van der Waals surface area (Å²) in [5.74, 6) is -0.517. The highest BCUT2D eigenvalue weighted by Crippen LogP contribution is 2.36. The molecule has 1 aliphatic rings. The van der Waals surface area contributed by atoms with E-state index < -0.39 is 15.9 Å². The molecule has 3 aromatic rings. The Kier molecular flexibility index (Phi) is 5.94. The molecule has 2 amide bonds. The van der Waals surface area contributed by atoms with E-state index in [-0.39, 0.29) is 16.1 Å². The van der Waals surface area contributed by atoms with E-state index >= 15 is 0 Å². The van der Waals surface area contributed by atoms with Crippen LogP contribution in [0.3, 0.4) is 0 Å². The van der Waals surface area contributed by atoms with E-state index in [0.29, 0.717) is 22.6 Å².